The van der Waals surface area contributed by atoms with Crippen LogP contribution >= 0.6 is 0 Å². The van der Waals surface area contributed by atoms with E-state index >= 15 is 0 Å². The van der Waals surface area contributed by atoms with E-state index in [2.05, 4.69) is 52.2 Å². The summed E-state index contributed by atoms with van der Waals surface area (Å²) < 4.78 is 11.3. The van der Waals surface area contributed by atoms with Crippen LogP contribution in [-0.2, 0) is 14.3 Å². The van der Waals surface area contributed by atoms with Gasteiger partial charge in [-0.15, -0.1) is 6.58 Å². The summed E-state index contributed by atoms with van der Waals surface area (Å²) in [5.41, 5.74) is -0.00284. The van der Waals surface area contributed by atoms with Crippen molar-refractivity contribution in [3.63, 3.8) is 0 Å². The predicted octanol–water partition coefficient (Wildman–Crippen LogP) is 4.15. The van der Waals surface area contributed by atoms with Crippen molar-refractivity contribution in [2.75, 3.05) is 6.54 Å². The van der Waals surface area contributed by atoms with Gasteiger partial charge in [0.15, 0.2) is 6.10 Å². The zero-order valence-electron chi connectivity index (χ0n) is 22.3. The summed E-state index contributed by atoms with van der Waals surface area (Å²) in [6, 6.07) is 0. The Morgan fingerprint density at radius 1 is 1.33 bits per heavy atom. The third-order valence-electron chi connectivity index (χ3n) is 9.87. The molecular formula is C29H43NO6. The van der Waals surface area contributed by atoms with Gasteiger partial charge in [0, 0.05) is 18.4 Å². The Morgan fingerprint density at radius 2 is 2.03 bits per heavy atom. The van der Waals surface area contributed by atoms with Gasteiger partial charge >= 0.3 is 12.1 Å². The van der Waals surface area contributed by atoms with Crippen LogP contribution in [0.4, 0.5) is 4.79 Å². The molecule has 0 spiro atoms. The smallest absolute Gasteiger partial charge is 0.407 e. The second kappa shape index (κ2) is 9.64. The number of cyclic esters (lactones) is 1. The van der Waals surface area contributed by atoms with Crippen molar-refractivity contribution in [2.24, 2.45) is 40.9 Å². The minimum absolute atomic E-state index is 0.0481. The molecular weight excluding hydrogens is 458 g/mol. The third kappa shape index (κ3) is 4.22. The number of nitrogens with one attached hydrogen (secondary N) is 1. The molecule has 36 heavy (non-hydrogen) atoms. The number of aliphatic hydroxyl groups excluding tert-OH is 1. The molecule has 7 nitrogen and oxygen atoms in total. The van der Waals surface area contributed by atoms with Crippen LogP contribution in [0.1, 0.15) is 60.3 Å². The number of allylic oxidation sites excluding steroid dienone is 2. The predicted molar refractivity (Wildman–Crippen MR) is 137 cm³/mol. The summed E-state index contributed by atoms with van der Waals surface area (Å²) in [5.74, 6) is -0.544. The second-order valence-corrected chi connectivity index (χ2v) is 12.2. The van der Waals surface area contributed by atoms with Gasteiger partial charge in [0.2, 0.25) is 0 Å². The number of fused-ring (bicyclic) bond motifs is 3. The van der Waals surface area contributed by atoms with E-state index in [-0.39, 0.29) is 41.1 Å². The Balaban J connectivity index is 1.70. The molecule has 4 rings (SSSR count). The van der Waals surface area contributed by atoms with Crippen LogP contribution in [0, 0.1) is 40.9 Å². The standard InChI is InChI=1S/C29H43NO6/c1-8-11-30-27(33)36-23-14-28(7)13-20-16(4)9-10-21-18(6)35-26(32)25(31)29(21,34)17(5)19(20)12-22(28)24(23)15(2)3/h8-9,15,18-25,31,34H,1,5,10-14H2,2-4,6-7H3,(H,30,33)/b16-9-. The molecule has 3 N–H and O–H groups in total. The molecule has 0 radical (unpaired) electrons. The van der Waals surface area contributed by atoms with Gasteiger partial charge in [0.05, 0.1) is 0 Å². The third-order valence-corrected chi connectivity index (χ3v) is 9.87. The Morgan fingerprint density at radius 3 is 2.67 bits per heavy atom. The number of alkyl carbamates (subject to hydrolysis) is 1. The van der Waals surface area contributed by atoms with Gasteiger partial charge in [-0.25, -0.2) is 9.59 Å². The van der Waals surface area contributed by atoms with Crippen LogP contribution in [0.5, 0.6) is 0 Å². The van der Waals surface area contributed by atoms with Gasteiger partial charge in [-0.05, 0) is 74.2 Å². The molecule has 0 aromatic carbocycles. The molecule has 3 fully saturated rings. The SMILES string of the molecule is C=CCNC(=O)OC1CC2(C)CC3/C(C)=C\CC4C(C)OC(=O)C(O)C4(O)C(=C)C3CC2C1C(C)C. The fraction of sp³-hybridized carbons (Fsp3) is 0.724. The largest absolute Gasteiger partial charge is 0.460 e. The molecule has 0 aromatic heterocycles. The van der Waals surface area contributed by atoms with Crippen LogP contribution < -0.4 is 5.32 Å². The first kappa shape index (κ1) is 26.9. The van der Waals surface area contributed by atoms with Crippen molar-refractivity contribution in [3.8, 4) is 0 Å². The quantitative estimate of drug-likeness (QED) is 0.395. The van der Waals surface area contributed by atoms with Crippen LogP contribution in [-0.4, -0.2) is 52.7 Å². The molecule has 3 aliphatic carbocycles. The number of amides is 1. The van der Waals surface area contributed by atoms with Gasteiger partial charge in [0.1, 0.15) is 17.8 Å². The number of carbonyl (C=O) groups excluding carboxylic acids is 2. The normalized spacial score (nSPS) is 45.7. The van der Waals surface area contributed by atoms with Gasteiger partial charge in [0.25, 0.3) is 0 Å². The summed E-state index contributed by atoms with van der Waals surface area (Å²) >= 11 is 0. The van der Waals surface area contributed by atoms with E-state index < -0.39 is 35.8 Å². The van der Waals surface area contributed by atoms with Gasteiger partial charge in [-0.1, -0.05) is 45.1 Å². The van der Waals surface area contributed by atoms with E-state index in [0.29, 0.717) is 18.5 Å². The molecule has 1 saturated heterocycles. The Bertz CT molecular complexity index is 957. The molecule has 10 atom stereocenters. The summed E-state index contributed by atoms with van der Waals surface area (Å²) in [6.45, 7) is 18.9. The van der Waals surface area contributed by atoms with Gasteiger partial charge in [-0.2, -0.15) is 0 Å². The number of aliphatic hydroxyl groups is 2. The number of esters is 1. The fourth-order valence-corrected chi connectivity index (χ4v) is 8.06. The van der Waals surface area contributed by atoms with E-state index in [1.807, 2.05) is 0 Å². The topological polar surface area (TPSA) is 105 Å². The van der Waals surface area contributed by atoms with E-state index in [1.165, 1.54) is 5.57 Å². The average molecular weight is 502 g/mol. The van der Waals surface area contributed by atoms with Gasteiger partial charge in [-0.3, -0.25) is 0 Å². The lowest BCUT2D eigenvalue weighted by Gasteiger charge is -2.54. The molecule has 200 valence electrons. The Hall–Kier alpha value is -2.12. The van der Waals surface area contributed by atoms with E-state index in [9.17, 15) is 19.8 Å². The molecule has 7 heteroatoms. The molecule has 4 aliphatic rings. The highest BCUT2D eigenvalue weighted by molar-refractivity contribution is 5.78. The molecule has 0 bridgehead atoms. The molecule has 1 amide bonds. The number of hydrogen-bond donors (Lipinski definition) is 3. The van der Waals surface area contributed by atoms with E-state index in [1.54, 1.807) is 13.0 Å². The van der Waals surface area contributed by atoms with Crippen LogP contribution in [0.2, 0.25) is 0 Å². The number of ether oxygens (including phenoxy) is 2. The summed E-state index contributed by atoms with van der Waals surface area (Å²) in [5, 5.41) is 25.6. The van der Waals surface area contributed by atoms with Crippen molar-refractivity contribution in [1.29, 1.82) is 0 Å². The summed E-state index contributed by atoms with van der Waals surface area (Å²) in [7, 11) is 0. The maximum atomic E-state index is 12.5. The van der Waals surface area contributed by atoms with Crippen molar-refractivity contribution in [1.82, 2.24) is 5.32 Å². The zero-order valence-corrected chi connectivity index (χ0v) is 22.3. The second-order valence-electron chi connectivity index (χ2n) is 12.2. The van der Waals surface area contributed by atoms with Gasteiger partial charge < -0.3 is 25.0 Å². The van der Waals surface area contributed by atoms with Crippen LogP contribution in [0.25, 0.3) is 0 Å². The highest BCUT2D eigenvalue weighted by atomic mass is 16.6. The van der Waals surface area contributed by atoms with Crippen molar-refractivity contribution < 1.29 is 29.3 Å². The van der Waals surface area contributed by atoms with Crippen molar-refractivity contribution in [2.45, 2.75) is 84.2 Å². The maximum Gasteiger partial charge on any atom is 0.407 e. The van der Waals surface area contributed by atoms with E-state index in [4.69, 9.17) is 9.47 Å². The number of hydrogen-bond acceptors (Lipinski definition) is 6. The number of rotatable bonds is 4. The Labute approximate surface area is 215 Å². The lowest BCUT2D eigenvalue weighted by atomic mass is 9.53. The molecule has 1 heterocycles. The molecule has 0 aromatic rings. The average Bonchev–Trinajstić information content (AvgIpc) is 3.09. The molecule has 1 aliphatic heterocycles. The van der Waals surface area contributed by atoms with Crippen LogP contribution in [0.3, 0.4) is 0 Å². The highest BCUT2D eigenvalue weighted by Gasteiger charge is 2.62. The monoisotopic (exact) mass is 501 g/mol. The van der Waals surface area contributed by atoms with Crippen molar-refractivity contribution in [3.05, 3.63) is 36.5 Å². The summed E-state index contributed by atoms with van der Waals surface area (Å²) in [6.07, 6.45) is 3.88. The van der Waals surface area contributed by atoms with Crippen LogP contribution in [0.15, 0.2) is 36.5 Å². The molecule has 2 saturated carbocycles. The summed E-state index contributed by atoms with van der Waals surface area (Å²) in [4.78, 5) is 24.9. The minimum atomic E-state index is -1.74. The first-order valence-electron chi connectivity index (χ1n) is 13.4. The maximum absolute atomic E-state index is 12.5. The highest BCUT2D eigenvalue weighted by Crippen LogP contribution is 2.63. The van der Waals surface area contributed by atoms with E-state index in [0.717, 1.165) is 19.3 Å². The fourth-order valence-electron chi connectivity index (χ4n) is 8.06. The minimum Gasteiger partial charge on any atom is -0.460 e. The lowest BCUT2D eigenvalue weighted by molar-refractivity contribution is -0.209. The van der Waals surface area contributed by atoms with Crippen molar-refractivity contribution >= 4 is 12.1 Å². The Kier molecular flexibility index (Phi) is 7.21. The first-order chi connectivity index (χ1) is 16.8. The first-order valence-corrected chi connectivity index (χ1v) is 13.4. The number of carbonyl (C=O) groups is 2. The molecule has 10 unspecified atom stereocenters. The zero-order chi connectivity index (χ0) is 26.6. The lowest BCUT2D eigenvalue weighted by Crippen LogP contribution is -2.63.